The van der Waals surface area contributed by atoms with Gasteiger partial charge < -0.3 is 9.47 Å². The van der Waals surface area contributed by atoms with Crippen molar-refractivity contribution in [1.82, 2.24) is 4.98 Å². The van der Waals surface area contributed by atoms with Crippen LogP contribution in [0.2, 0.25) is 0 Å². The van der Waals surface area contributed by atoms with Gasteiger partial charge in [-0.2, -0.15) is 0 Å². The Hall–Kier alpha value is -2.25. The van der Waals surface area contributed by atoms with Crippen LogP contribution in [0.4, 0.5) is 5.13 Å². The van der Waals surface area contributed by atoms with Gasteiger partial charge in [0.2, 0.25) is 12.7 Å². The van der Waals surface area contributed by atoms with E-state index in [2.05, 4.69) is 4.98 Å². The van der Waals surface area contributed by atoms with Crippen molar-refractivity contribution in [2.75, 3.05) is 11.7 Å². The lowest BCUT2D eigenvalue weighted by Crippen LogP contribution is -2.29. The molecule has 7 heteroatoms. The minimum absolute atomic E-state index is 0.0896. The average molecular weight is 370 g/mol. The maximum absolute atomic E-state index is 12.8. The summed E-state index contributed by atoms with van der Waals surface area (Å²) in [4.78, 5) is 19.3. The molecule has 0 saturated carbocycles. The van der Waals surface area contributed by atoms with Gasteiger partial charge in [0.15, 0.2) is 16.6 Å². The van der Waals surface area contributed by atoms with Gasteiger partial charge in [-0.25, -0.2) is 4.98 Å². The van der Waals surface area contributed by atoms with E-state index in [9.17, 15) is 4.79 Å². The molecule has 0 spiro atoms. The summed E-state index contributed by atoms with van der Waals surface area (Å²) < 4.78 is 12.0. The third-order valence-electron chi connectivity index (χ3n) is 4.32. The summed E-state index contributed by atoms with van der Waals surface area (Å²) in [5.74, 6) is 1.57. The van der Waals surface area contributed by atoms with Gasteiger partial charge in [0, 0.05) is 0 Å². The molecule has 2 aliphatic heterocycles. The molecule has 0 unspecified atom stereocenters. The van der Waals surface area contributed by atoms with Crippen LogP contribution in [0, 0.1) is 0 Å². The number of carbonyl (C=O) groups is 1. The molecule has 0 bridgehead atoms. The lowest BCUT2D eigenvalue weighted by atomic mass is 10.2. The van der Waals surface area contributed by atoms with Gasteiger partial charge >= 0.3 is 0 Å². The highest BCUT2D eigenvalue weighted by molar-refractivity contribution is 8.01. The Balaban J connectivity index is 1.59. The molecule has 0 radical (unpaired) electrons. The predicted molar refractivity (Wildman–Crippen MR) is 99.5 cm³/mol. The van der Waals surface area contributed by atoms with Crippen molar-refractivity contribution in [3.63, 3.8) is 0 Å². The minimum Gasteiger partial charge on any atom is -0.454 e. The van der Waals surface area contributed by atoms with Crippen molar-refractivity contribution in [1.29, 1.82) is 0 Å². The monoisotopic (exact) mass is 370 g/mol. The summed E-state index contributed by atoms with van der Waals surface area (Å²) in [7, 11) is 0. The smallest absolute Gasteiger partial charge is 0.242 e. The van der Waals surface area contributed by atoms with Gasteiger partial charge in [-0.3, -0.25) is 9.69 Å². The van der Waals surface area contributed by atoms with Gasteiger partial charge in [-0.1, -0.05) is 29.5 Å². The minimum atomic E-state index is -0.113. The van der Waals surface area contributed by atoms with Gasteiger partial charge in [0.05, 0.1) is 15.5 Å². The molecule has 1 amide bonds. The largest absolute Gasteiger partial charge is 0.454 e. The van der Waals surface area contributed by atoms with Crippen molar-refractivity contribution in [2.45, 2.75) is 17.5 Å². The number of thioether (sulfide) groups is 1. The molecule has 1 saturated heterocycles. The number of nitrogens with zero attached hydrogens (tertiary/aromatic N) is 2. The van der Waals surface area contributed by atoms with Crippen molar-refractivity contribution in [2.24, 2.45) is 0 Å². The van der Waals surface area contributed by atoms with Crippen LogP contribution >= 0.6 is 23.1 Å². The fourth-order valence-electron chi connectivity index (χ4n) is 3.08. The zero-order chi connectivity index (χ0) is 17.0. The number of amides is 1. The Morgan fingerprint density at radius 2 is 2.00 bits per heavy atom. The lowest BCUT2D eigenvalue weighted by molar-refractivity contribution is -0.117. The van der Waals surface area contributed by atoms with Crippen LogP contribution in [-0.2, 0) is 4.79 Å². The Morgan fingerprint density at radius 3 is 2.88 bits per heavy atom. The SMILES string of the molecule is C[C@@H]1S[C@H](c2ccc3c(c2)OCO3)N(c2nc3ccccc3s2)C1=O. The van der Waals surface area contributed by atoms with Crippen molar-refractivity contribution in [3.05, 3.63) is 48.0 Å². The summed E-state index contributed by atoms with van der Waals surface area (Å²) in [5, 5.41) is 0.519. The quantitative estimate of drug-likeness (QED) is 0.677. The highest BCUT2D eigenvalue weighted by Gasteiger charge is 2.41. The molecule has 2 atom stereocenters. The first-order valence-corrected chi connectivity index (χ1v) is 9.70. The molecule has 2 aromatic carbocycles. The fourth-order valence-corrected chi connectivity index (χ4v) is 5.39. The molecule has 1 fully saturated rings. The average Bonchev–Trinajstić information content (AvgIpc) is 3.31. The number of thiazole rings is 1. The van der Waals surface area contributed by atoms with Crippen LogP contribution in [0.5, 0.6) is 11.5 Å². The molecule has 3 heterocycles. The molecule has 1 aromatic heterocycles. The van der Waals surface area contributed by atoms with Crippen molar-refractivity contribution in [3.8, 4) is 11.5 Å². The van der Waals surface area contributed by atoms with E-state index in [1.165, 1.54) is 0 Å². The van der Waals surface area contributed by atoms with Gasteiger partial charge in [0.1, 0.15) is 5.37 Å². The van der Waals surface area contributed by atoms with Crippen molar-refractivity contribution < 1.29 is 14.3 Å². The number of rotatable bonds is 2. The standard InChI is InChI=1S/C18H14N2O3S2/c1-10-16(21)20(18-19-12-4-2-3-5-15(12)25-18)17(24-10)11-6-7-13-14(8-11)23-9-22-13/h2-8,10,17H,9H2,1H3/t10-,17+/m0/s1. The van der Waals surface area contributed by atoms with Gasteiger partial charge in [0.25, 0.3) is 0 Å². The van der Waals surface area contributed by atoms with E-state index in [0.717, 1.165) is 32.4 Å². The highest BCUT2D eigenvalue weighted by Crippen LogP contribution is 2.48. The third-order valence-corrected chi connectivity index (χ3v) is 6.71. The Bertz CT molecular complexity index is 954. The predicted octanol–water partition coefficient (Wildman–Crippen LogP) is 4.19. The molecule has 0 aliphatic carbocycles. The number of anilines is 1. The summed E-state index contributed by atoms with van der Waals surface area (Å²) in [6.45, 7) is 2.19. The first-order valence-electron chi connectivity index (χ1n) is 7.94. The number of aromatic nitrogens is 1. The van der Waals surface area contributed by atoms with E-state index >= 15 is 0 Å². The van der Waals surface area contributed by atoms with Crippen LogP contribution in [-0.4, -0.2) is 22.9 Å². The summed E-state index contributed by atoms with van der Waals surface area (Å²) in [6, 6.07) is 13.8. The molecule has 2 aliphatic rings. The maximum Gasteiger partial charge on any atom is 0.242 e. The Kier molecular flexibility index (Phi) is 3.39. The van der Waals surface area contributed by atoms with E-state index in [0.29, 0.717) is 0 Å². The van der Waals surface area contributed by atoms with Crippen LogP contribution in [0.15, 0.2) is 42.5 Å². The number of carbonyl (C=O) groups excluding carboxylic acids is 1. The van der Waals surface area contributed by atoms with E-state index in [4.69, 9.17) is 9.47 Å². The van der Waals surface area contributed by atoms with E-state index in [1.807, 2.05) is 54.3 Å². The van der Waals surface area contributed by atoms with Crippen molar-refractivity contribution >= 4 is 44.4 Å². The molecular formula is C18H14N2O3S2. The number of para-hydroxylation sites is 1. The zero-order valence-corrected chi connectivity index (χ0v) is 15.0. The third kappa shape index (κ3) is 2.38. The second kappa shape index (κ2) is 5.64. The summed E-state index contributed by atoms with van der Waals surface area (Å²) in [6.07, 6.45) is 0. The lowest BCUT2D eigenvalue weighted by Gasteiger charge is -2.21. The normalized spacial score (nSPS) is 22.1. The number of fused-ring (bicyclic) bond motifs is 2. The first-order chi connectivity index (χ1) is 12.2. The van der Waals surface area contributed by atoms with E-state index in [1.54, 1.807) is 23.1 Å². The van der Waals surface area contributed by atoms with Gasteiger partial charge in [-0.15, -0.1) is 11.8 Å². The molecule has 126 valence electrons. The first kappa shape index (κ1) is 15.0. The molecule has 3 aromatic rings. The number of hydrogen-bond donors (Lipinski definition) is 0. The van der Waals surface area contributed by atoms with Gasteiger partial charge in [-0.05, 0) is 36.8 Å². The van der Waals surface area contributed by atoms with E-state index in [-0.39, 0.29) is 23.3 Å². The van der Waals surface area contributed by atoms with Crippen LogP contribution in [0.3, 0.4) is 0 Å². The molecular weight excluding hydrogens is 356 g/mol. The number of hydrogen-bond acceptors (Lipinski definition) is 6. The topological polar surface area (TPSA) is 51.7 Å². The molecule has 5 rings (SSSR count). The number of benzene rings is 2. The summed E-state index contributed by atoms with van der Waals surface area (Å²) >= 11 is 3.18. The second-order valence-corrected chi connectivity index (χ2v) is 8.35. The van der Waals surface area contributed by atoms with Crippen LogP contribution in [0.25, 0.3) is 10.2 Å². The Labute approximate surface area is 152 Å². The van der Waals surface area contributed by atoms with Crippen LogP contribution < -0.4 is 14.4 Å². The Morgan fingerprint density at radius 1 is 1.16 bits per heavy atom. The molecule has 0 N–H and O–H groups in total. The van der Waals surface area contributed by atoms with Crippen LogP contribution in [0.1, 0.15) is 17.9 Å². The molecule has 25 heavy (non-hydrogen) atoms. The summed E-state index contributed by atoms with van der Waals surface area (Å²) in [5.41, 5.74) is 1.94. The maximum atomic E-state index is 12.8. The second-order valence-electron chi connectivity index (χ2n) is 5.92. The molecule has 5 nitrogen and oxygen atoms in total. The highest BCUT2D eigenvalue weighted by atomic mass is 32.2. The fraction of sp³-hybridized carbons (Fsp3) is 0.222. The number of ether oxygens (including phenoxy) is 2. The zero-order valence-electron chi connectivity index (χ0n) is 13.3. The van der Waals surface area contributed by atoms with E-state index < -0.39 is 0 Å².